The zero-order chi connectivity index (χ0) is 17.0. The Kier molecular flexibility index (Phi) is 5.99. The maximum atomic E-state index is 11.7. The van der Waals surface area contributed by atoms with Crippen molar-refractivity contribution in [3.8, 4) is 0 Å². The molecular formula is C14H13BrClN3O2S2. The van der Waals surface area contributed by atoms with E-state index in [1.165, 1.54) is 19.2 Å². The minimum Gasteiger partial charge on any atom is -0.332 e. The van der Waals surface area contributed by atoms with Crippen molar-refractivity contribution >= 4 is 66.3 Å². The summed E-state index contributed by atoms with van der Waals surface area (Å²) in [6, 6.07) is 11.6. The number of sulfonamides is 1. The molecule has 0 aliphatic rings. The fourth-order valence-electron chi connectivity index (χ4n) is 1.71. The molecule has 9 heteroatoms. The summed E-state index contributed by atoms with van der Waals surface area (Å²) in [7, 11) is -2.09. The highest BCUT2D eigenvalue weighted by atomic mass is 79.9. The second kappa shape index (κ2) is 7.59. The Hall–Kier alpha value is -1.19. The maximum Gasteiger partial charge on any atom is 0.240 e. The average molecular weight is 435 g/mol. The Bertz CT molecular complexity index is 826. The van der Waals surface area contributed by atoms with Crippen molar-refractivity contribution in [1.29, 1.82) is 0 Å². The zero-order valence-electron chi connectivity index (χ0n) is 11.9. The molecule has 0 amide bonds. The Morgan fingerprint density at radius 3 is 2.35 bits per heavy atom. The van der Waals surface area contributed by atoms with Crippen molar-refractivity contribution in [3.05, 3.63) is 52.0 Å². The largest absolute Gasteiger partial charge is 0.332 e. The van der Waals surface area contributed by atoms with Crippen molar-refractivity contribution in [2.24, 2.45) is 0 Å². The number of rotatable bonds is 4. The first-order valence-corrected chi connectivity index (χ1v) is 9.45. The van der Waals surface area contributed by atoms with Crippen molar-refractivity contribution < 1.29 is 8.42 Å². The fourth-order valence-corrected chi connectivity index (χ4v) is 3.39. The summed E-state index contributed by atoms with van der Waals surface area (Å²) in [5.41, 5.74) is 1.33. The van der Waals surface area contributed by atoms with Crippen molar-refractivity contribution in [2.45, 2.75) is 4.90 Å². The number of thiocarbonyl (C=S) groups is 1. The first-order valence-electron chi connectivity index (χ1n) is 6.38. The minimum atomic E-state index is -3.45. The van der Waals surface area contributed by atoms with Crippen LogP contribution in [0.1, 0.15) is 0 Å². The van der Waals surface area contributed by atoms with Gasteiger partial charge in [-0.2, -0.15) is 0 Å². The van der Waals surface area contributed by atoms with E-state index in [-0.39, 0.29) is 4.90 Å². The van der Waals surface area contributed by atoms with E-state index in [4.69, 9.17) is 23.8 Å². The molecule has 122 valence electrons. The monoisotopic (exact) mass is 433 g/mol. The lowest BCUT2D eigenvalue weighted by Gasteiger charge is -2.12. The summed E-state index contributed by atoms with van der Waals surface area (Å²) in [4.78, 5) is 0.181. The lowest BCUT2D eigenvalue weighted by Crippen LogP contribution is -2.20. The standard InChI is InChI=1S/C14H13BrClN3O2S2/c1-17-23(20,21)11-5-3-10(4-6-11)18-14(22)19-13-7-2-9(15)8-12(13)16/h2-8,17H,1H3,(H2,18,19,22). The van der Waals surface area contributed by atoms with Crippen LogP contribution < -0.4 is 15.4 Å². The first-order chi connectivity index (χ1) is 10.8. The second-order valence-corrected chi connectivity index (χ2v) is 8.05. The van der Waals surface area contributed by atoms with Crippen LogP contribution in [-0.4, -0.2) is 20.6 Å². The average Bonchev–Trinajstić information content (AvgIpc) is 2.50. The number of hydrogen-bond acceptors (Lipinski definition) is 3. The third kappa shape index (κ3) is 4.89. The molecule has 5 nitrogen and oxygen atoms in total. The summed E-state index contributed by atoms with van der Waals surface area (Å²) < 4.78 is 26.4. The van der Waals surface area contributed by atoms with Gasteiger partial charge in [0.05, 0.1) is 15.6 Å². The molecule has 3 N–H and O–H groups in total. The summed E-state index contributed by atoms with van der Waals surface area (Å²) in [6.45, 7) is 0. The molecule has 0 saturated carbocycles. The van der Waals surface area contributed by atoms with Gasteiger partial charge >= 0.3 is 0 Å². The van der Waals surface area contributed by atoms with Crippen LogP contribution in [0.25, 0.3) is 0 Å². The van der Waals surface area contributed by atoms with Gasteiger partial charge in [-0.3, -0.25) is 0 Å². The van der Waals surface area contributed by atoms with Gasteiger partial charge in [0.2, 0.25) is 10.0 Å². The van der Waals surface area contributed by atoms with Gasteiger partial charge in [-0.25, -0.2) is 13.1 Å². The molecular weight excluding hydrogens is 422 g/mol. The lowest BCUT2D eigenvalue weighted by molar-refractivity contribution is 0.588. The molecule has 2 aromatic carbocycles. The predicted octanol–water partition coefficient (Wildman–Crippen LogP) is 3.82. The molecule has 0 fully saturated rings. The molecule has 0 unspecified atom stereocenters. The third-order valence-electron chi connectivity index (χ3n) is 2.87. The Balaban J connectivity index is 2.06. The Morgan fingerprint density at radius 2 is 1.78 bits per heavy atom. The van der Waals surface area contributed by atoms with Crippen LogP contribution in [0.2, 0.25) is 5.02 Å². The van der Waals surface area contributed by atoms with Crippen molar-refractivity contribution in [3.63, 3.8) is 0 Å². The van der Waals surface area contributed by atoms with Crippen LogP contribution in [0.3, 0.4) is 0 Å². The summed E-state index contributed by atoms with van der Waals surface area (Å²) in [6.07, 6.45) is 0. The van der Waals surface area contributed by atoms with E-state index >= 15 is 0 Å². The highest BCUT2D eigenvalue weighted by molar-refractivity contribution is 9.10. The predicted molar refractivity (Wildman–Crippen MR) is 102 cm³/mol. The van der Waals surface area contributed by atoms with Crippen LogP contribution in [0.5, 0.6) is 0 Å². The summed E-state index contributed by atoms with van der Waals surface area (Å²) >= 11 is 14.7. The highest BCUT2D eigenvalue weighted by Crippen LogP contribution is 2.25. The number of benzene rings is 2. The van der Waals surface area contributed by atoms with Crippen molar-refractivity contribution in [2.75, 3.05) is 17.7 Å². The molecule has 0 spiro atoms. The van der Waals surface area contributed by atoms with Crippen LogP contribution >= 0.6 is 39.7 Å². The van der Waals surface area contributed by atoms with Crippen LogP contribution in [0.4, 0.5) is 11.4 Å². The molecule has 0 saturated heterocycles. The van der Waals surface area contributed by atoms with Gasteiger partial charge in [0.15, 0.2) is 5.11 Å². The first kappa shape index (κ1) is 18.2. The quantitative estimate of drug-likeness (QED) is 0.638. The minimum absolute atomic E-state index is 0.181. The normalized spacial score (nSPS) is 11.1. The van der Waals surface area contributed by atoms with Crippen molar-refractivity contribution in [1.82, 2.24) is 4.72 Å². The SMILES string of the molecule is CNS(=O)(=O)c1ccc(NC(=S)Nc2ccc(Br)cc2Cl)cc1. The van der Waals surface area contributed by atoms with Gasteiger partial charge in [0.25, 0.3) is 0 Å². The molecule has 23 heavy (non-hydrogen) atoms. The second-order valence-electron chi connectivity index (χ2n) is 4.44. The number of halogens is 2. The smallest absolute Gasteiger partial charge is 0.240 e. The van der Waals surface area contributed by atoms with Gasteiger partial charge in [0, 0.05) is 10.2 Å². The number of anilines is 2. The van der Waals surface area contributed by atoms with E-state index in [1.807, 2.05) is 6.07 Å². The van der Waals surface area contributed by atoms with E-state index < -0.39 is 10.0 Å². The van der Waals surface area contributed by atoms with E-state index in [0.717, 1.165) is 4.47 Å². The zero-order valence-corrected chi connectivity index (χ0v) is 15.9. The van der Waals surface area contributed by atoms with E-state index in [9.17, 15) is 8.42 Å². The number of nitrogens with one attached hydrogen (secondary N) is 3. The van der Waals surface area contributed by atoms with E-state index in [1.54, 1.807) is 24.3 Å². The molecule has 0 heterocycles. The maximum absolute atomic E-state index is 11.7. The van der Waals surface area contributed by atoms with Crippen LogP contribution in [-0.2, 0) is 10.0 Å². The molecule has 0 aromatic heterocycles. The van der Waals surface area contributed by atoms with Gasteiger partial charge in [0.1, 0.15) is 0 Å². The highest BCUT2D eigenvalue weighted by Gasteiger charge is 2.10. The fraction of sp³-hybridized carbons (Fsp3) is 0.0714. The third-order valence-corrected chi connectivity index (χ3v) is 5.31. The van der Waals surface area contributed by atoms with Gasteiger partial charge in [-0.05, 0) is 61.7 Å². The Labute approximate surface area is 153 Å². The van der Waals surface area contributed by atoms with Crippen LogP contribution in [0, 0.1) is 0 Å². The molecule has 2 aromatic rings. The topological polar surface area (TPSA) is 70.2 Å². The van der Waals surface area contributed by atoms with E-state index in [0.29, 0.717) is 21.5 Å². The van der Waals surface area contributed by atoms with Gasteiger partial charge < -0.3 is 10.6 Å². The van der Waals surface area contributed by atoms with Crippen LogP contribution in [0.15, 0.2) is 51.8 Å². The van der Waals surface area contributed by atoms with E-state index in [2.05, 4.69) is 31.3 Å². The molecule has 0 aliphatic carbocycles. The van der Waals surface area contributed by atoms with Gasteiger partial charge in [-0.1, -0.05) is 27.5 Å². The number of hydrogen-bond donors (Lipinski definition) is 3. The molecule has 0 atom stereocenters. The molecule has 0 aliphatic heterocycles. The van der Waals surface area contributed by atoms with Gasteiger partial charge in [-0.15, -0.1) is 0 Å². The summed E-state index contributed by atoms with van der Waals surface area (Å²) in [5, 5.41) is 6.82. The summed E-state index contributed by atoms with van der Waals surface area (Å²) in [5.74, 6) is 0. The molecule has 2 rings (SSSR count). The Morgan fingerprint density at radius 1 is 1.13 bits per heavy atom. The molecule has 0 bridgehead atoms. The lowest BCUT2D eigenvalue weighted by atomic mass is 10.3. The molecule has 0 radical (unpaired) electrons.